The van der Waals surface area contributed by atoms with Crippen LogP contribution < -0.4 is 4.90 Å². The maximum atomic E-state index is 13.9. The van der Waals surface area contributed by atoms with Gasteiger partial charge in [0.25, 0.3) is 0 Å². The van der Waals surface area contributed by atoms with Gasteiger partial charge in [0.15, 0.2) is 0 Å². The molecule has 2 aromatic carbocycles. The molecule has 0 aliphatic carbocycles. The molecule has 0 radical (unpaired) electrons. The van der Waals surface area contributed by atoms with Crippen LogP contribution in [0.3, 0.4) is 0 Å². The third-order valence-corrected chi connectivity index (χ3v) is 4.77. The number of aryl methyl sites for hydroxylation is 1. The highest BCUT2D eigenvalue weighted by molar-refractivity contribution is 9.10. The summed E-state index contributed by atoms with van der Waals surface area (Å²) in [4.78, 5) is 13.0. The zero-order valence-electron chi connectivity index (χ0n) is 13.4. The fourth-order valence-corrected chi connectivity index (χ4v) is 3.31. The summed E-state index contributed by atoms with van der Waals surface area (Å²) in [6.45, 7) is -0.172. The van der Waals surface area contributed by atoms with Crippen LogP contribution in [0.15, 0.2) is 46.9 Å². The van der Waals surface area contributed by atoms with Crippen molar-refractivity contribution in [3.05, 3.63) is 63.9 Å². The molecule has 2 aromatic rings. The van der Waals surface area contributed by atoms with E-state index in [0.29, 0.717) is 16.0 Å². The SMILES string of the molecule is O=C(OCc1ccccc1)N1c2cc(F)c(Br)cc2CCC1C(F)(F)F. The molecule has 1 aliphatic heterocycles. The number of carbonyl (C=O) groups is 1. The normalized spacial score (nSPS) is 17.0. The number of hydrogen-bond acceptors (Lipinski definition) is 2. The summed E-state index contributed by atoms with van der Waals surface area (Å²) in [5.74, 6) is -0.743. The summed E-state index contributed by atoms with van der Waals surface area (Å²) in [5.41, 5.74) is 0.983. The minimum Gasteiger partial charge on any atom is -0.444 e. The van der Waals surface area contributed by atoms with Crippen molar-refractivity contribution in [2.75, 3.05) is 4.90 Å². The second-order valence-corrected chi connectivity index (χ2v) is 6.76. The van der Waals surface area contributed by atoms with E-state index in [-0.39, 0.29) is 29.6 Å². The Bertz CT molecular complexity index is 811. The monoisotopic (exact) mass is 431 g/mol. The number of amides is 1. The molecule has 0 saturated carbocycles. The number of carbonyl (C=O) groups excluding carboxylic acids is 1. The molecule has 0 fully saturated rings. The van der Waals surface area contributed by atoms with E-state index >= 15 is 0 Å². The van der Waals surface area contributed by atoms with Crippen LogP contribution >= 0.6 is 15.9 Å². The van der Waals surface area contributed by atoms with Gasteiger partial charge in [-0.3, -0.25) is 4.90 Å². The molecule has 3 rings (SSSR count). The van der Waals surface area contributed by atoms with Crippen LogP contribution in [0.4, 0.5) is 28.0 Å². The van der Waals surface area contributed by atoms with Gasteiger partial charge in [0.2, 0.25) is 0 Å². The maximum Gasteiger partial charge on any atom is 0.415 e. The van der Waals surface area contributed by atoms with Crippen LogP contribution in [-0.4, -0.2) is 18.3 Å². The lowest BCUT2D eigenvalue weighted by atomic mass is 9.95. The molecule has 0 aromatic heterocycles. The third-order valence-electron chi connectivity index (χ3n) is 4.16. The van der Waals surface area contributed by atoms with Gasteiger partial charge in [0, 0.05) is 0 Å². The largest absolute Gasteiger partial charge is 0.444 e. The van der Waals surface area contributed by atoms with Gasteiger partial charge in [-0.05, 0) is 52.0 Å². The molecule has 8 heteroatoms. The zero-order valence-corrected chi connectivity index (χ0v) is 15.0. The van der Waals surface area contributed by atoms with Gasteiger partial charge in [0.1, 0.15) is 18.5 Å². The third kappa shape index (κ3) is 3.85. The van der Waals surface area contributed by atoms with E-state index in [2.05, 4.69) is 15.9 Å². The van der Waals surface area contributed by atoms with Gasteiger partial charge in [-0.1, -0.05) is 30.3 Å². The lowest BCUT2D eigenvalue weighted by Gasteiger charge is -2.37. The zero-order chi connectivity index (χ0) is 18.9. The molecular weight excluding hydrogens is 418 g/mol. The molecule has 1 atom stereocenters. The fourth-order valence-electron chi connectivity index (χ4n) is 2.92. The minimum atomic E-state index is -4.65. The number of anilines is 1. The van der Waals surface area contributed by atoms with Crippen LogP contribution in [0.1, 0.15) is 17.5 Å². The van der Waals surface area contributed by atoms with E-state index in [9.17, 15) is 22.4 Å². The first kappa shape index (κ1) is 18.7. The molecule has 1 amide bonds. The van der Waals surface area contributed by atoms with Crippen LogP contribution in [-0.2, 0) is 17.8 Å². The van der Waals surface area contributed by atoms with E-state index < -0.39 is 24.1 Å². The first-order chi connectivity index (χ1) is 12.3. The number of halogens is 5. The summed E-state index contributed by atoms with van der Waals surface area (Å²) >= 11 is 3.02. The lowest BCUT2D eigenvalue weighted by molar-refractivity contribution is -0.150. The van der Waals surface area contributed by atoms with E-state index in [1.165, 1.54) is 6.07 Å². The minimum absolute atomic E-state index is 0.0842. The van der Waals surface area contributed by atoms with Gasteiger partial charge in [-0.25, -0.2) is 9.18 Å². The van der Waals surface area contributed by atoms with Crippen molar-refractivity contribution in [3.8, 4) is 0 Å². The molecule has 0 spiro atoms. The van der Waals surface area contributed by atoms with Crippen molar-refractivity contribution in [1.82, 2.24) is 0 Å². The summed E-state index contributed by atoms with van der Waals surface area (Å²) in [5, 5.41) is 0. The molecule has 3 nitrogen and oxygen atoms in total. The summed E-state index contributed by atoms with van der Waals surface area (Å²) in [7, 11) is 0. The second-order valence-electron chi connectivity index (χ2n) is 5.90. The standard InChI is InChI=1S/C18H14BrF4NO2/c19-13-8-12-6-7-16(18(21,22)23)24(15(12)9-14(13)20)17(25)26-10-11-4-2-1-3-5-11/h1-5,8-9,16H,6-7,10H2. The Morgan fingerprint density at radius 3 is 2.58 bits per heavy atom. The van der Waals surface area contributed by atoms with Crippen molar-refractivity contribution in [2.24, 2.45) is 0 Å². The molecule has 26 heavy (non-hydrogen) atoms. The van der Waals surface area contributed by atoms with E-state index in [1.807, 2.05) is 0 Å². The van der Waals surface area contributed by atoms with Crippen LogP contribution in [0.2, 0.25) is 0 Å². The van der Waals surface area contributed by atoms with Gasteiger partial charge >= 0.3 is 12.3 Å². The van der Waals surface area contributed by atoms with Crippen molar-refractivity contribution in [1.29, 1.82) is 0 Å². The van der Waals surface area contributed by atoms with E-state index in [0.717, 1.165) is 6.07 Å². The Hall–Kier alpha value is -2.09. The van der Waals surface area contributed by atoms with E-state index in [4.69, 9.17) is 4.74 Å². The fraction of sp³-hybridized carbons (Fsp3) is 0.278. The highest BCUT2D eigenvalue weighted by Crippen LogP contribution is 2.40. The quantitative estimate of drug-likeness (QED) is 0.578. The molecule has 0 saturated heterocycles. The average molecular weight is 432 g/mol. The van der Waals surface area contributed by atoms with E-state index in [1.54, 1.807) is 30.3 Å². The number of fused-ring (bicyclic) bond motifs is 1. The molecule has 1 aliphatic rings. The van der Waals surface area contributed by atoms with Gasteiger partial charge in [0.05, 0.1) is 10.2 Å². The molecule has 1 unspecified atom stereocenters. The molecule has 138 valence electrons. The van der Waals surface area contributed by atoms with Gasteiger partial charge in [-0.15, -0.1) is 0 Å². The number of nitrogens with zero attached hydrogens (tertiary/aromatic N) is 1. The maximum absolute atomic E-state index is 13.9. The summed E-state index contributed by atoms with van der Waals surface area (Å²) in [6, 6.07) is 8.88. The molecular formula is C18H14BrF4NO2. The van der Waals surface area contributed by atoms with Crippen LogP contribution in [0.5, 0.6) is 0 Å². The second kappa shape index (κ2) is 7.26. The van der Waals surface area contributed by atoms with Crippen molar-refractivity contribution in [2.45, 2.75) is 31.7 Å². The summed E-state index contributed by atoms with van der Waals surface area (Å²) < 4.78 is 59.4. The Kier molecular flexibility index (Phi) is 5.22. The smallest absolute Gasteiger partial charge is 0.415 e. The number of rotatable bonds is 2. The Balaban J connectivity index is 1.92. The number of hydrogen-bond donors (Lipinski definition) is 0. The van der Waals surface area contributed by atoms with Crippen LogP contribution in [0.25, 0.3) is 0 Å². The molecule has 0 bridgehead atoms. The topological polar surface area (TPSA) is 29.5 Å². The summed E-state index contributed by atoms with van der Waals surface area (Å²) in [6.07, 6.45) is -6.03. The average Bonchev–Trinajstić information content (AvgIpc) is 2.60. The van der Waals surface area contributed by atoms with Gasteiger partial charge < -0.3 is 4.74 Å². The van der Waals surface area contributed by atoms with Crippen molar-refractivity contribution < 1.29 is 27.1 Å². The highest BCUT2D eigenvalue weighted by atomic mass is 79.9. The molecule has 0 N–H and O–H groups in total. The van der Waals surface area contributed by atoms with Gasteiger partial charge in [-0.2, -0.15) is 13.2 Å². The van der Waals surface area contributed by atoms with Crippen LogP contribution in [0, 0.1) is 5.82 Å². The Morgan fingerprint density at radius 1 is 1.23 bits per heavy atom. The number of ether oxygens (including phenoxy) is 1. The van der Waals surface area contributed by atoms with Crippen molar-refractivity contribution in [3.63, 3.8) is 0 Å². The predicted molar refractivity (Wildman–Crippen MR) is 91.4 cm³/mol. The first-order valence-electron chi connectivity index (χ1n) is 7.82. The Morgan fingerprint density at radius 2 is 1.92 bits per heavy atom. The Labute approximate surface area is 155 Å². The first-order valence-corrected chi connectivity index (χ1v) is 8.61. The lowest BCUT2D eigenvalue weighted by Crippen LogP contribution is -2.51. The van der Waals surface area contributed by atoms with Crippen molar-refractivity contribution >= 4 is 27.7 Å². The predicted octanol–water partition coefficient (Wildman–Crippen LogP) is 5.61. The number of alkyl halides is 3. The highest BCUT2D eigenvalue weighted by Gasteiger charge is 2.49. The molecule has 1 heterocycles. The number of benzene rings is 2.